The van der Waals surface area contributed by atoms with Crippen LogP contribution in [0.2, 0.25) is 0 Å². The number of hydrogen-bond acceptors (Lipinski definition) is 6. The van der Waals surface area contributed by atoms with Gasteiger partial charge in [-0.2, -0.15) is 8.42 Å². The minimum atomic E-state index is -3.82. The third kappa shape index (κ3) is 6.21. The predicted octanol–water partition coefficient (Wildman–Crippen LogP) is 2.24. The first-order valence-electron chi connectivity index (χ1n) is 7.17. The second-order valence-corrected chi connectivity index (χ2v) is 6.60. The highest BCUT2D eigenvalue weighted by Crippen LogP contribution is 2.20. The molecule has 0 saturated carbocycles. The van der Waals surface area contributed by atoms with Crippen LogP contribution in [-0.4, -0.2) is 47.7 Å². The molecular formula is C15H24O6S. The summed E-state index contributed by atoms with van der Waals surface area (Å²) in [5.74, 6) is 0.920. The SMILES string of the molecule is CCCCOc1ccc(OS(=O)(=O)C(COC)COC)cc1. The molecule has 0 aliphatic rings. The molecule has 0 radical (unpaired) electrons. The molecule has 0 aliphatic heterocycles. The number of ether oxygens (including phenoxy) is 3. The Balaban J connectivity index is 2.67. The van der Waals surface area contributed by atoms with E-state index in [4.69, 9.17) is 18.4 Å². The average Bonchev–Trinajstić information content (AvgIpc) is 2.49. The van der Waals surface area contributed by atoms with Gasteiger partial charge in [-0.1, -0.05) is 13.3 Å². The fraction of sp³-hybridized carbons (Fsp3) is 0.600. The van der Waals surface area contributed by atoms with E-state index in [2.05, 4.69) is 6.92 Å². The highest BCUT2D eigenvalue weighted by molar-refractivity contribution is 7.87. The molecule has 0 N–H and O–H groups in total. The summed E-state index contributed by atoms with van der Waals surface area (Å²) in [6.45, 7) is 2.74. The van der Waals surface area contributed by atoms with Crippen LogP contribution < -0.4 is 8.92 Å². The van der Waals surface area contributed by atoms with Gasteiger partial charge in [0, 0.05) is 14.2 Å². The maximum Gasteiger partial charge on any atom is 0.316 e. The van der Waals surface area contributed by atoms with Crippen molar-refractivity contribution < 1.29 is 26.8 Å². The Hall–Kier alpha value is -1.31. The van der Waals surface area contributed by atoms with Crippen LogP contribution in [0.3, 0.4) is 0 Å². The maximum absolute atomic E-state index is 12.2. The molecule has 1 aromatic carbocycles. The Morgan fingerprint density at radius 3 is 2.05 bits per heavy atom. The van der Waals surface area contributed by atoms with Gasteiger partial charge in [0.2, 0.25) is 0 Å². The fourth-order valence-corrected chi connectivity index (χ4v) is 2.84. The Morgan fingerprint density at radius 1 is 1.00 bits per heavy atom. The van der Waals surface area contributed by atoms with Crippen LogP contribution in [-0.2, 0) is 19.6 Å². The van der Waals surface area contributed by atoms with Crippen molar-refractivity contribution in [2.45, 2.75) is 25.0 Å². The highest BCUT2D eigenvalue weighted by atomic mass is 32.2. The monoisotopic (exact) mass is 332 g/mol. The molecule has 0 fully saturated rings. The van der Waals surface area contributed by atoms with E-state index < -0.39 is 15.4 Å². The Morgan fingerprint density at radius 2 is 1.55 bits per heavy atom. The van der Waals surface area contributed by atoms with Crippen molar-refractivity contribution in [2.75, 3.05) is 34.0 Å². The van der Waals surface area contributed by atoms with E-state index >= 15 is 0 Å². The Bertz CT molecular complexity index is 505. The van der Waals surface area contributed by atoms with Crippen LogP contribution in [0.5, 0.6) is 11.5 Å². The quantitative estimate of drug-likeness (QED) is 0.457. The van der Waals surface area contributed by atoms with Crippen LogP contribution in [0.15, 0.2) is 24.3 Å². The molecule has 6 nitrogen and oxygen atoms in total. The zero-order valence-corrected chi connectivity index (χ0v) is 14.1. The summed E-state index contributed by atoms with van der Waals surface area (Å²) in [5.41, 5.74) is 0. The number of hydrogen-bond donors (Lipinski definition) is 0. The lowest BCUT2D eigenvalue weighted by atomic mass is 10.3. The van der Waals surface area contributed by atoms with E-state index in [-0.39, 0.29) is 19.0 Å². The highest BCUT2D eigenvalue weighted by Gasteiger charge is 2.27. The molecule has 0 spiro atoms. The summed E-state index contributed by atoms with van der Waals surface area (Å²) in [6, 6.07) is 6.50. The van der Waals surface area contributed by atoms with Crippen molar-refractivity contribution in [2.24, 2.45) is 0 Å². The lowest BCUT2D eigenvalue weighted by molar-refractivity contribution is 0.138. The smallest absolute Gasteiger partial charge is 0.316 e. The van der Waals surface area contributed by atoms with E-state index in [1.54, 1.807) is 24.3 Å². The van der Waals surface area contributed by atoms with Gasteiger partial charge in [-0.3, -0.25) is 0 Å². The zero-order chi connectivity index (χ0) is 16.4. The summed E-state index contributed by atoms with van der Waals surface area (Å²) in [7, 11) is -0.962. The topological polar surface area (TPSA) is 71.1 Å². The van der Waals surface area contributed by atoms with Crippen molar-refractivity contribution in [1.29, 1.82) is 0 Å². The van der Waals surface area contributed by atoms with Gasteiger partial charge in [-0.15, -0.1) is 0 Å². The van der Waals surface area contributed by atoms with Gasteiger partial charge < -0.3 is 18.4 Å². The minimum absolute atomic E-state index is 0.00832. The first kappa shape index (κ1) is 18.7. The summed E-state index contributed by atoms with van der Waals surface area (Å²) in [6.07, 6.45) is 2.03. The van der Waals surface area contributed by atoms with E-state index in [1.807, 2.05) is 0 Å². The van der Waals surface area contributed by atoms with Gasteiger partial charge in [-0.05, 0) is 30.7 Å². The molecule has 1 rings (SSSR count). The minimum Gasteiger partial charge on any atom is -0.494 e. The molecule has 0 unspecified atom stereocenters. The van der Waals surface area contributed by atoms with Gasteiger partial charge in [0.05, 0.1) is 19.8 Å². The molecule has 22 heavy (non-hydrogen) atoms. The fourth-order valence-electron chi connectivity index (χ4n) is 1.71. The molecule has 0 aliphatic carbocycles. The number of methoxy groups -OCH3 is 2. The molecule has 0 aromatic heterocycles. The van der Waals surface area contributed by atoms with Crippen molar-refractivity contribution in [1.82, 2.24) is 0 Å². The average molecular weight is 332 g/mol. The Kier molecular flexibility index (Phi) is 8.22. The van der Waals surface area contributed by atoms with Gasteiger partial charge in [-0.25, -0.2) is 0 Å². The normalized spacial score (nSPS) is 11.6. The summed E-state index contributed by atoms with van der Waals surface area (Å²) >= 11 is 0. The maximum atomic E-state index is 12.2. The molecule has 0 bridgehead atoms. The molecule has 1 aromatic rings. The largest absolute Gasteiger partial charge is 0.494 e. The van der Waals surface area contributed by atoms with E-state index in [1.165, 1.54) is 14.2 Å². The van der Waals surface area contributed by atoms with E-state index in [9.17, 15) is 8.42 Å². The molecule has 126 valence electrons. The molecule has 0 amide bonds. The van der Waals surface area contributed by atoms with Crippen molar-refractivity contribution in [3.8, 4) is 11.5 Å². The molecular weight excluding hydrogens is 308 g/mol. The van der Waals surface area contributed by atoms with Crippen LogP contribution in [0.25, 0.3) is 0 Å². The molecule has 0 saturated heterocycles. The van der Waals surface area contributed by atoms with Crippen molar-refractivity contribution >= 4 is 10.1 Å². The number of rotatable bonds is 11. The number of benzene rings is 1. The van der Waals surface area contributed by atoms with Gasteiger partial charge >= 0.3 is 10.1 Å². The van der Waals surface area contributed by atoms with Gasteiger partial charge in [0.1, 0.15) is 16.7 Å². The second-order valence-electron chi connectivity index (χ2n) is 4.78. The van der Waals surface area contributed by atoms with Gasteiger partial charge in [0.25, 0.3) is 0 Å². The van der Waals surface area contributed by atoms with Crippen LogP contribution >= 0.6 is 0 Å². The van der Waals surface area contributed by atoms with E-state index in [0.717, 1.165) is 12.8 Å². The Labute approximate surface area is 132 Å². The molecule has 0 heterocycles. The first-order chi connectivity index (χ1) is 10.5. The van der Waals surface area contributed by atoms with Crippen LogP contribution in [0.1, 0.15) is 19.8 Å². The summed E-state index contributed by atoms with van der Waals surface area (Å²) in [5, 5.41) is -0.872. The molecule has 7 heteroatoms. The first-order valence-corrected chi connectivity index (χ1v) is 8.64. The van der Waals surface area contributed by atoms with Crippen molar-refractivity contribution in [3.63, 3.8) is 0 Å². The zero-order valence-electron chi connectivity index (χ0n) is 13.3. The standard InChI is InChI=1S/C15H24O6S/c1-4-5-10-20-13-6-8-14(9-7-13)21-22(16,17)15(11-18-2)12-19-3/h6-9,15H,4-5,10-12H2,1-3H3. The molecule has 0 atom stereocenters. The van der Waals surface area contributed by atoms with E-state index in [0.29, 0.717) is 12.4 Å². The third-order valence-corrected chi connectivity index (χ3v) is 4.43. The number of unbranched alkanes of at least 4 members (excludes halogenated alkanes) is 1. The lowest BCUT2D eigenvalue weighted by Gasteiger charge is -2.16. The second kappa shape index (κ2) is 9.66. The third-order valence-electron chi connectivity index (χ3n) is 2.92. The van der Waals surface area contributed by atoms with Gasteiger partial charge in [0.15, 0.2) is 0 Å². The van der Waals surface area contributed by atoms with Crippen molar-refractivity contribution in [3.05, 3.63) is 24.3 Å². The van der Waals surface area contributed by atoms with Crippen LogP contribution in [0.4, 0.5) is 0 Å². The summed E-state index contributed by atoms with van der Waals surface area (Å²) < 4.78 is 44.7. The predicted molar refractivity (Wildman–Crippen MR) is 83.9 cm³/mol. The van der Waals surface area contributed by atoms with Crippen LogP contribution in [0, 0.1) is 0 Å². The lowest BCUT2D eigenvalue weighted by Crippen LogP contribution is -2.34. The summed E-state index contributed by atoms with van der Waals surface area (Å²) in [4.78, 5) is 0.